The fourth-order valence-corrected chi connectivity index (χ4v) is 8.34. The Labute approximate surface area is 140 Å². The molecule has 122 valence electrons. The van der Waals surface area contributed by atoms with Crippen LogP contribution in [-0.2, 0) is 15.0 Å². The highest BCUT2D eigenvalue weighted by atomic mass is 16.2. The maximum Gasteiger partial charge on any atom is 0.234 e. The number of hydrogen-bond donors (Lipinski definition) is 1. The number of nitrogens with one attached hydrogen (secondary N) is 1. The summed E-state index contributed by atoms with van der Waals surface area (Å²) >= 11 is 0. The van der Waals surface area contributed by atoms with Crippen molar-refractivity contribution >= 4 is 17.4 Å². The van der Waals surface area contributed by atoms with Crippen LogP contribution in [0.3, 0.4) is 0 Å². The van der Waals surface area contributed by atoms with Crippen LogP contribution in [0.25, 0.3) is 0 Å². The zero-order chi connectivity index (χ0) is 15.9. The molecule has 24 heavy (non-hydrogen) atoms. The summed E-state index contributed by atoms with van der Waals surface area (Å²) in [5.74, 6) is -0.00736. The van der Waals surface area contributed by atoms with E-state index in [-0.39, 0.29) is 40.0 Å². The second-order valence-electron chi connectivity index (χ2n) is 9.00. The first-order chi connectivity index (χ1) is 11.7. The van der Waals surface area contributed by atoms with Gasteiger partial charge in [-0.15, -0.1) is 0 Å². The molecule has 8 rings (SSSR count). The van der Waals surface area contributed by atoms with Crippen LogP contribution in [0.5, 0.6) is 0 Å². The average molecular weight is 320 g/mol. The third-order valence-corrected chi connectivity index (χ3v) is 8.70. The zero-order valence-corrected chi connectivity index (χ0v) is 13.5. The van der Waals surface area contributed by atoms with Gasteiger partial charge in [0, 0.05) is 18.2 Å². The summed E-state index contributed by atoms with van der Waals surface area (Å²) < 4.78 is 0. The maximum absolute atomic E-state index is 13.4. The quantitative estimate of drug-likeness (QED) is 0.745. The second kappa shape index (κ2) is 3.29. The molecule has 4 heteroatoms. The molecule has 6 atom stereocenters. The van der Waals surface area contributed by atoms with Gasteiger partial charge in [-0.2, -0.15) is 0 Å². The molecule has 4 aliphatic carbocycles. The van der Waals surface area contributed by atoms with Crippen molar-refractivity contribution in [2.24, 2.45) is 17.3 Å². The molecule has 3 heterocycles. The standard InChI is InChI=1S/C20H20N2O2/c23-15-12-10-18-6-3-9-22-16(24)14(15)20(17(18)22)11-4-1-2-5-13(11)21-19(12,20)8-7-18/h1-2,4-5,12,14,17,21H,3,6-10H2/t12-,14+,17+,18-,19-,20+/m1/s1. The first-order valence-electron chi connectivity index (χ1n) is 9.38. The highest BCUT2D eigenvalue weighted by Crippen LogP contribution is 2.79. The number of benzene rings is 1. The van der Waals surface area contributed by atoms with Gasteiger partial charge in [0.2, 0.25) is 5.91 Å². The van der Waals surface area contributed by atoms with Crippen molar-refractivity contribution in [3.05, 3.63) is 29.8 Å². The molecule has 0 radical (unpaired) electrons. The normalized spacial score (nSPS) is 51.7. The summed E-state index contributed by atoms with van der Waals surface area (Å²) in [5, 5.41) is 3.83. The number of carbonyl (C=O) groups excluding carboxylic acids is 2. The van der Waals surface area contributed by atoms with E-state index in [2.05, 4.69) is 34.5 Å². The molecular weight excluding hydrogens is 300 g/mol. The summed E-state index contributed by atoms with van der Waals surface area (Å²) in [6.45, 7) is 0.847. The van der Waals surface area contributed by atoms with E-state index >= 15 is 0 Å². The molecule has 2 saturated heterocycles. The molecule has 7 aliphatic rings. The summed E-state index contributed by atoms with van der Waals surface area (Å²) in [7, 11) is 0. The lowest BCUT2D eigenvalue weighted by atomic mass is 9.41. The monoisotopic (exact) mass is 320 g/mol. The number of amides is 1. The Morgan fingerprint density at radius 1 is 1.12 bits per heavy atom. The zero-order valence-electron chi connectivity index (χ0n) is 13.5. The Bertz CT molecular complexity index is 865. The summed E-state index contributed by atoms with van der Waals surface area (Å²) in [6.07, 6.45) is 5.51. The maximum atomic E-state index is 13.4. The van der Waals surface area contributed by atoms with E-state index in [9.17, 15) is 9.59 Å². The SMILES string of the molecule is O=C1[C@H]2C(=O)N3CCC[C@]45CC[C@@]6(Nc7ccccc7[C@@]26[C@@H]34)[C@@H]1C5. The van der Waals surface area contributed by atoms with E-state index in [4.69, 9.17) is 0 Å². The first kappa shape index (κ1) is 12.5. The number of rotatable bonds is 0. The van der Waals surface area contributed by atoms with E-state index in [1.165, 1.54) is 24.1 Å². The van der Waals surface area contributed by atoms with Crippen LogP contribution in [0.15, 0.2) is 24.3 Å². The second-order valence-corrected chi connectivity index (χ2v) is 9.00. The minimum Gasteiger partial charge on any atom is -0.378 e. The van der Waals surface area contributed by atoms with Gasteiger partial charge in [-0.05, 0) is 49.1 Å². The molecule has 1 aromatic carbocycles. The third kappa shape index (κ3) is 0.871. The van der Waals surface area contributed by atoms with Crippen LogP contribution in [0.2, 0.25) is 0 Å². The highest BCUT2D eigenvalue weighted by molar-refractivity contribution is 6.12. The Hall–Kier alpha value is -1.84. The largest absolute Gasteiger partial charge is 0.378 e. The number of hydrogen-bond acceptors (Lipinski definition) is 3. The van der Waals surface area contributed by atoms with E-state index in [0.29, 0.717) is 0 Å². The molecule has 1 aromatic rings. The lowest BCUT2D eigenvalue weighted by molar-refractivity contribution is -0.152. The van der Waals surface area contributed by atoms with Crippen LogP contribution in [-0.4, -0.2) is 34.7 Å². The van der Waals surface area contributed by atoms with Crippen molar-refractivity contribution in [2.75, 3.05) is 11.9 Å². The van der Waals surface area contributed by atoms with E-state index in [0.717, 1.165) is 25.8 Å². The van der Waals surface area contributed by atoms with Gasteiger partial charge >= 0.3 is 0 Å². The van der Waals surface area contributed by atoms with Gasteiger partial charge in [-0.1, -0.05) is 18.2 Å². The number of para-hydroxylation sites is 1. The molecule has 3 spiro atoms. The fourth-order valence-electron chi connectivity index (χ4n) is 8.34. The summed E-state index contributed by atoms with van der Waals surface area (Å²) in [6, 6.07) is 8.74. The minimum absolute atomic E-state index is 0.0316. The Morgan fingerprint density at radius 2 is 2.00 bits per heavy atom. The van der Waals surface area contributed by atoms with Gasteiger partial charge in [0.1, 0.15) is 5.92 Å². The van der Waals surface area contributed by atoms with Crippen LogP contribution in [0.1, 0.15) is 37.7 Å². The molecule has 3 aliphatic heterocycles. The van der Waals surface area contributed by atoms with Crippen LogP contribution in [0, 0.1) is 17.3 Å². The number of anilines is 1. The van der Waals surface area contributed by atoms with Crippen molar-refractivity contribution in [1.82, 2.24) is 4.90 Å². The van der Waals surface area contributed by atoms with Crippen molar-refractivity contribution in [3.63, 3.8) is 0 Å². The fraction of sp³-hybridized carbons (Fsp3) is 0.600. The number of carbonyl (C=O) groups is 2. The topological polar surface area (TPSA) is 49.4 Å². The lowest BCUT2D eigenvalue weighted by Crippen LogP contribution is -2.74. The van der Waals surface area contributed by atoms with Crippen LogP contribution in [0.4, 0.5) is 5.69 Å². The van der Waals surface area contributed by atoms with Crippen molar-refractivity contribution in [1.29, 1.82) is 0 Å². The molecule has 0 aromatic heterocycles. The predicted octanol–water partition coefficient (Wildman–Crippen LogP) is 2.09. The van der Waals surface area contributed by atoms with Gasteiger partial charge in [0.05, 0.1) is 17.0 Å². The molecule has 1 amide bonds. The Balaban J connectivity index is 1.66. The molecule has 0 unspecified atom stereocenters. The van der Waals surface area contributed by atoms with Crippen molar-refractivity contribution in [3.8, 4) is 0 Å². The number of ketones is 1. The summed E-state index contributed by atoms with van der Waals surface area (Å²) in [4.78, 5) is 28.9. The van der Waals surface area contributed by atoms with E-state index in [1.54, 1.807) is 0 Å². The molecule has 4 bridgehead atoms. The van der Waals surface area contributed by atoms with Gasteiger partial charge in [0.25, 0.3) is 0 Å². The average Bonchev–Trinajstić information content (AvgIpc) is 3.10. The van der Waals surface area contributed by atoms with Crippen LogP contribution < -0.4 is 5.32 Å². The first-order valence-corrected chi connectivity index (χ1v) is 9.38. The molecule has 4 saturated carbocycles. The number of fused-ring (bicyclic) bond motifs is 2. The highest BCUT2D eigenvalue weighted by Gasteiger charge is 2.88. The van der Waals surface area contributed by atoms with Gasteiger partial charge in [-0.3, -0.25) is 9.59 Å². The number of nitrogens with zero attached hydrogens (tertiary/aromatic N) is 1. The molecule has 6 fully saturated rings. The third-order valence-electron chi connectivity index (χ3n) is 8.70. The molecule has 4 nitrogen and oxygen atoms in total. The van der Waals surface area contributed by atoms with Crippen molar-refractivity contribution < 1.29 is 9.59 Å². The van der Waals surface area contributed by atoms with Gasteiger partial charge in [-0.25, -0.2) is 0 Å². The van der Waals surface area contributed by atoms with E-state index < -0.39 is 5.92 Å². The predicted molar refractivity (Wildman–Crippen MR) is 87.5 cm³/mol. The molecular formula is C20H20N2O2. The molecule has 1 N–H and O–H groups in total. The Kier molecular flexibility index (Phi) is 1.71. The number of piperidine rings is 1. The minimum atomic E-state index is -0.427. The Morgan fingerprint density at radius 3 is 2.92 bits per heavy atom. The summed E-state index contributed by atoms with van der Waals surface area (Å²) in [5.41, 5.74) is 2.13. The lowest BCUT2D eigenvalue weighted by Gasteiger charge is -2.66. The van der Waals surface area contributed by atoms with Crippen molar-refractivity contribution in [2.45, 2.75) is 49.1 Å². The van der Waals surface area contributed by atoms with E-state index in [1.807, 2.05) is 0 Å². The van der Waals surface area contributed by atoms with Gasteiger partial charge < -0.3 is 10.2 Å². The number of Topliss-reactive ketones (excluding diaryl/α,β-unsaturated/α-hetero) is 1. The van der Waals surface area contributed by atoms with Gasteiger partial charge in [0.15, 0.2) is 5.78 Å². The smallest absolute Gasteiger partial charge is 0.234 e. The van der Waals surface area contributed by atoms with Crippen LogP contribution >= 0.6 is 0 Å².